The van der Waals surface area contributed by atoms with E-state index in [0.29, 0.717) is 11.3 Å². The van der Waals surface area contributed by atoms with Crippen molar-refractivity contribution in [1.82, 2.24) is 4.90 Å². The van der Waals surface area contributed by atoms with Gasteiger partial charge in [0.05, 0.1) is 12.1 Å². The van der Waals surface area contributed by atoms with Crippen LogP contribution in [-0.4, -0.2) is 30.8 Å². The molecule has 2 heterocycles. The van der Waals surface area contributed by atoms with Gasteiger partial charge in [-0.05, 0) is 48.2 Å². The summed E-state index contributed by atoms with van der Waals surface area (Å²) >= 11 is 1.45. The first-order chi connectivity index (χ1) is 14.4. The average molecular weight is 418 g/mol. The second kappa shape index (κ2) is 8.16. The largest absolute Gasteiger partial charge is 0.378 e. The molecule has 0 atom stereocenters. The Kier molecular flexibility index (Phi) is 5.42. The van der Waals surface area contributed by atoms with Gasteiger partial charge in [0.2, 0.25) is 0 Å². The van der Waals surface area contributed by atoms with Gasteiger partial charge in [0.25, 0.3) is 11.8 Å². The van der Waals surface area contributed by atoms with Crippen LogP contribution in [0, 0.1) is 6.92 Å². The SMILES string of the molecule is Cc1ccc(CN2C(=O)C(Nc3ccc(N(C)C)cc3)=C(c3cccs3)C2=O)cc1. The average Bonchev–Trinajstić information content (AvgIpc) is 3.33. The Hall–Kier alpha value is -3.38. The maximum Gasteiger partial charge on any atom is 0.278 e. The van der Waals surface area contributed by atoms with Crippen LogP contribution >= 0.6 is 11.3 Å². The molecule has 5 nitrogen and oxygen atoms in total. The highest BCUT2D eigenvalue weighted by atomic mass is 32.1. The summed E-state index contributed by atoms with van der Waals surface area (Å²) in [5.74, 6) is -0.573. The molecule has 0 saturated carbocycles. The lowest BCUT2D eigenvalue weighted by Gasteiger charge is -2.16. The van der Waals surface area contributed by atoms with Crippen LogP contribution in [0.3, 0.4) is 0 Å². The molecule has 1 aromatic heterocycles. The molecule has 0 aliphatic carbocycles. The summed E-state index contributed by atoms with van der Waals surface area (Å²) in [7, 11) is 3.95. The van der Waals surface area contributed by atoms with E-state index in [0.717, 1.165) is 27.4 Å². The van der Waals surface area contributed by atoms with Crippen molar-refractivity contribution in [2.75, 3.05) is 24.3 Å². The Morgan fingerprint density at radius 2 is 1.63 bits per heavy atom. The first-order valence-corrected chi connectivity index (χ1v) is 10.6. The first kappa shape index (κ1) is 19.9. The lowest BCUT2D eigenvalue weighted by molar-refractivity contribution is -0.137. The molecule has 3 aromatic rings. The van der Waals surface area contributed by atoms with Gasteiger partial charge in [-0.1, -0.05) is 35.9 Å². The molecular weight excluding hydrogens is 394 g/mol. The monoisotopic (exact) mass is 417 g/mol. The second-order valence-electron chi connectivity index (χ2n) is 7.48. The van der Waals surface area contributed by atoms with E-state index in [4.69, 9.17) is 0 Å². The zero-order chi connectivity index (χ0) is 21.3. The summed E-state index contributed by atoms with van der Waals surface area (Å²) in [5.41, 5.74) is 4.64. The van der Waals surface area contributed by atoms with Crippen LogP contribution in [0.1, 0.15) is 16.0 Å². The fraction of sp³-hybridized carbons (Fsp3) is 0.167. The quantitative estimate of drug-likeness (QED) is 0.600. The third-order valence-electron chi connectivity index (χ3n) is 5.05. The van der Waals surface area contributed by atoms with E-state index in [1.807, 2.05) is 92.0 Å². The van der Waals surface area contributed by atoms with Gasteiger partial charge in [-0.2, -0.15) is 0 Å². The smallest absolute Gasteiger partial charge is 0.278 e. The molecule has 152 valence electrons. The highest BCUT2D eigenvalue weighted by Crippen LogP contribution is 2.34. The summed E-state index contributed by atoms with van der Waals surface area (Å²) in [6.07, 6.45) is 0. The zero-order valence-corrected chi connectivity index (χ0v) is 18.0. The molecular formula is C24H23N3O2S. The summed E-state index contributed by atoms with van der Waals surface area (Å²) in [4.78, 5) is 30.6. The third-order valence-corrected chi connectivity index (χ3v) is 5.94. The van der Waals surface area contributed by atoms with Crippen LogP contribution < -0.4 is 10.2 Å². The summed E-state index contributed by atoms with van der Waals surface area (Å²) < 4.78 is 0. The Labute approximate surface area is 180 Å². The lowest BCUT2D eigenvalue weighted by atomic mass is 10.1. The number of hydrogen-bond acceptors (Lipinski definition) is 5. The van der Waals surface area contributed by atoms with E-state index in [2.05, 4.69) is 5.32 Å². The zero-order valence-electron chi connectivity index (χ0n) is 17.2. The number of hydrogen-bond donors (Lipinski definition) is 1. The molecule has 0 bridgehead atoms. The van der Waals surface area contributed by atoms with Crippen molar-refractivity contribution < 1.29 is 9.59 Å². The fourth-order valence-electron chi connectivity index (χ4n) is 3.35. The molecule has 2 aromatic carbocycles. The van der Waals surface area contributed by atoms with E-state index in [9.17, 15) is 9.59 Å². The number of rotatable bonds is 6. The van der Waals surface area contributed by atoms with Crippen LogP contribution in [0.4, 0.5) is 11.4 Å². The summed E-state index contributed by atoms with van der Waals surface area (Å²) in [5, 5.41) is 5.12. The number of nitrogens with zero attached hydrogens (tertiary/aromatic N) is 2. The standard InChI is InChI=1S/C24H23N3O2S/c1-16-6-8-17(9-7-16)15-27-23(28)21(20-5-4-14-30-20)22(24(27)29)25-18-10-12-19(13-11-18)26(2)3/h4-14,25H,15H2,1-3H3. The van der Waals surface area contributed by atoms with Gasteiger partial charge in [-0.3, -0.25) is 14.5 Å². The minimum atomic E-state index is -0.305. The van der Waals surface area contributed by atoms with E-state index in [1.54, 1.807) is 0 Å². The van der Waals surface area contributed by atoms with Gasteiger partial charge >= 0.3 is 0 Å². The molecule has 6 heteroatoms. The minimum absolute atomic E-state index is 0.248. The van der Waals surface area contributed by atoms with Crippen molar-refractivity contribution in [3.8, 4) is 0 Å². The van der Waals surface area contributed by atoms with Gasteiger partial charge < -0.3 is 10.2 Å². The van der Waals surface area contributed by atoms with Crippen molar-refractivity contribution in [2.24, 2.45) is 0 Å². The number of nitrogens with one attached hydrogen (secondary N) is 1. The molecule has 0 unspecified atom stereocenters. The summed E-state index contributed by atoms with van der Waals surface area (Å²) in [6.45, 7) is 2.26. The molecule has 0 saturated heterocycles. The highest BCUT2D eigenvalue weighted by Gasteiger charge is 2.39. The van der Waals surface area contributed by atoms with Crippen LogP contribution in [-0.2, 0) is 16.1 Å². The molecule has 0 radical (unpaired) electrons. The van der Waals surface area contributed by atoms with Gasteiger partial charge in [0.15, 0.2) is 0 Å². The molecule has 1 aliphatic rings. The predicted octanol–water partition coefficient (Wildman–Crippen LogP) is 4.51. The molecule has 2 amide bonds. The highest BCUT2D eigenvalue weighted by molar-refractivity contribution is 7.11. The van der Waals surface area contributed by atoms with Gasteiger partial charge in [0, 0.05) is 30.3 Å². The van der Waals surface area contributed by atoms with Crippen LogP contribution in [0.5, 0.6) is 0 Å². The first-order valence-electron chi connectivity index (χ1n) is 9.68. The molecule has 1 aliphatic heterocycles. The molecule has 30 heavy (non-hydrogen) atoms. The number of aryl methyl sites for hydroxylation is 1. The number of benzene rings is 2. The number of imide groups is 1. The lowest BCUT2D eigenvalue weighted by Crippen LogP contribution is -2.31. The van der Waals surface area contributed by atoms with Crippen LogP contribution in [0.15, 0.2) is 71.7 Å². The topological polar surface area (TPSA) is 52.7 Å². The Morgan fingerprint density at radius 1 is 0.933 bits per heavy atom. The number of amides is 2. The van der Waals surface area contributed by atoms with E-state index >= 15 is 0 Å². The Bertz CT molecular complexity index is 1100. The van der Waals surface area contributed by atoms with Crippen molar-refractivity contribution in [1.29, 1.82) is 0 Å². The van der Waals surface area contributed by atoms with Crippen molar-refractivity contribution in [3.63, 3.8) is 0 Å². The summed E-state index contributed by atoms with van der Waals surface area (Å²) in [6, 6.07) is 19.4. The third kappa shape index (κ3) is 3.86. The molecule has 0 spiro atoms. The predicted molar refractivity (Wildman–Crippen MR) is 122 cm³/mol. The van der Waals surface area contributed by atoms with Gasteiger partial charge in [0.1, 0.15) is 5.70 Å². The molecule has 1 N–H and O–H groups in total. The van der Waals surface area contributed by atoms with Crippen LogP contribution in [0.2, 0.25) is 0 Å². The maximum atomic E-state index is 13.3. The number of anilines is 2. The van der Waals surface area contributed by atoms with Crippen molar-refractivity contribution in [3.05, 3.63) is 87.7 Å². The molecule has 4 rings (SSSR count). The van der Waals surface area contributed by atoms with Gasteiger partial charge in [-0.25, -0.2) is 0 Å². The number of carbonyl (C=O) groups is 2. The second-order valence-corrected chi connectivity index (χ2v) is 8.42. The Balaban J connectivity index is 1.66. The molecule has 0 fully saturated rings. The van der Waals surface area contributed by atoms with E-state index in [1.165, 1.54) is 16.2 Å². The number of carbonyl (C=O) groups excluding carboxylic acids is 2. The Morgan fingerprint density at radius 3 is 2.23 bits per heavy atom. The minimum Gasteiger partial charge on any atom is -0.378 e. The van der Waals surface area contributed by atoms with Crippen molar-refractivity contribution in [2.45, 2.75) is 13.5 Å². The van der Waals surface area contributed by atoms with Crippen LogP contribution in [0.25, 0.3) is 5.57 Å². The van der Waals surface area contributed by atoms with E-state index < -0.39 is 0 Å². The normalized spacial score (nSPS) is 13.9. The van der Waals surface area contributed by atoms with E-state index in [-0.39, 0.29) is 18.4 Å². The number of thiophene rings is 1. The maximum absolute atomic E-state index is 13.3. The van der Waals surface area contributed by atoms with Gasteiger partial charge in [-0.15, -0.1) is 11.3 Å². The van der Waals surface area contributed by atoms with Crippen molar-refractivity contribution >= 4 is 40.1 Å². The fourth-order valence-corrected chi connectivity index (χ4v) is 4.12.